The summed E-state index contributed by atoms with van der Waals surface area (Å²) < 4.78 is 11.8. The molecule has 0 radical (unpaired) electrons. The maximum atomic E-state index is 11.9. The fraction of sp³-hybridized carbons (Fsp3) is 0.538. The molecule has 126 valence electrons. The molecule has 10 heteroatoms. The third-order valence-electron chi connectivity index (χ3n) is 3.67. The van der Waals surface area contributed by atoms with Crippen LogP contribution in [0.1, 0.15) is 24.6 Å². The van der Waals surface area contributed by atoms with Crippen LogP contribution in [0.5, 0.6) is 0 Å². The van der Waals surface area contributed by atoms with Crippen LogP contribution >= 0.6 is 8.53 Å². The van der Waals surface area contributed by atoms with Crippen molar-refractivity contribution in [1.29, 1.82) is 0 Å². The Morgan fingerprint density at radius 3 is 3.00 bits per heavy atom. The van der Waals surface area contributed by atoms with Crippen LogP contribution in [0.4, 0.5) is 0 Å². The number of H-pyrrole nitrogens is 1. The van der Waals surface area contributed by atoms with Crippen LogP contribution in [0.15, 0.2) is 15.8 Å². The van der Waals surface area contributed by atoms with Gasteiger partial charge in [-0.1, -0.05) is 0 Å². The minimum atomic E-state index is -2.11. The second kappa shape index (κ2) is 6.93. The van der Waals surface area contributed by atoms with Crippen molar-refractivity contribution in [2.75, 3.05) is 6.61 Å². The van der Waals surface area contributed by atoms with E-state index in [1.165, 1.54) is 10.8 Å². The number of aromatic nitrogens is 2. The molecule has 1 aliphatic heterocycles. The predicted molar refractivity (Wildman–Crippen MR) is 82.3 cm³/mol. The fourth-order valence-corrected chi connectivity index (χ4v) is 2.75. The molecule has 9 nitrogen and oxygen atoms in total. The molecule has 0 spiro atoms. The summed E-state index contributed by atoms with van der Waals surface area (Å²) in [5.74, 6) is 2.36. The minimum Gasteiger partial charge on any atom is -0.386 e. The van der Waals surface area contributed by atoms with Crippen LogP contribution < -0.4 is 16.8 Å². The highest BCUT2D eigenvalue weighted by Gasteiger charge is 2.48. The number of aryl methyl sites for hydroxylation is 1. The molecule has 4 atom stereocenters. The molecular formula is C13H18N3O6P. The van der Waals surface area contributed by atoms with Gasteiger partial charge in [0, 0.05) is 24.6 Å². The Hall–Kier alpha value is -1.53. The van der Waals surface area contributed by atoms with Gasteiger partial charge >= 0.3 is 5.69 Å². The van der Waals surface area contributed by atoms with Gasteiger partial charge in [0.15, 0.2) is 0 Å². The van der Waals surface area contributed by atoms with E-state index in [2.05, 4.69) is 10.9 Å². The van der Waals surface area contributed by atoms with Gasteiger partial charge in [-0.2, -0.15) is 0 Å². The molecule has 0 aliphatic carbocycles. The second-order valence-corrected chi connectivity index (χ2v) is 6.21. The van der Waals surface area contributed by atoms with Crippen LogP contribution in [-0.2, 0) is 9.26 Å². The topological polar surface area (TPSA) is 140 Å². The molecule has 1 aliphatic rings. The van der Waals surface area contributed by atoms with E-state index in [-0.39, 0.29) is 19.4 Å². The Balaban J connectivity index is 2.29. The number of nitrogens with two attached hydrogens (primary N) is 1. The molecule has 0 amide bonds. The minimum absolute atomic E-state index is 0.0253. The maximum Gasteiger partial charge on any atom is 0.330 e. The smallest absolute Gasteiger partial charge is 0.330 e. The van der Waals surface area contributed by atoms with Gasteiger partial charge in [0.05, 0.1) is 6.61 Å². The molecule has 1 unspecified atom stereocenters. The normalized spacial score (nSPS) is 28.5. The van der Waals surface area contributed by atoms with Crippen LogP contribution in [-0.4, -0.2) is 37.9 Å². The van der Waals surface area contributed by atoms with Crippen LogP contribution in [0.25, 0.3) is 0 Å². The SMILES string of the molecule is C#CC[C@]1(O)C[C@H](n2cc(C)c(=O)[nH]c2=O)O[C@@H]1COP(N)O. The molecule has 1 fully saturated rings. The van der Waals surface area contributed by atoms with Gasteiger partial charge in [-0.15, -0.1) is 12.3 Å². The zero-order valence-electron chi connectivity index (χ0n) is 12.4. The molecule has 1 aromatic heterocycles. The lowest BCUT2D eigenvalue weighted by atomic mass is 9.92. The second-order valence-electron chi connectivity index (χ2n) is 5.34. The average Bonchev–Trinajstić information content (AvgIpc) is 2.77. The van der Waals surface area contributed by atoms with Crippen molar-refractivity contribution in [2.24, 2.45) is 5.50 Å². The first kappa shape index (κ1) is 17.8. The van der Waals surface area contributed by atoms with Gasteiger partial charge in [-0.05, 0) is 6.92 Å². The number of nitrogens with one attached hydrogen (secondary N) is 1. The highest BCUT2D eigenvalue weighted by molar-refractivity contribution is 7.43. The zero-order chi connectivity index (χ0) is 17.2. The molecular weight excluding hydrogens is 325 g/mol. The molecule has 0 aromatic carbocycles. The first-order chi connectivity index (χ1) is 10.8. The van der Waals surface area contributed by atoms with Crippen molar-refractivity contribution in [1.82, 2.24) is 9.55 Å². The monoisotopic (exact) mass is 343 g/mol. The van der Waals surface area contributed by atoms with Crippen molar-refractivity contribution < 1.29 is 19.3 Å². The third-order valence-corrected chi connectivity index (χ3v) is 4.08. The van der Waals surface area contributed by atoms with E-state index in [0.717, 1.165) is 0 Å². The zero-order valence-corrected chi connectivity index (χ0v) is 13.3. The van der Waals surface area contributed by atoms with Gasteiger partial charge in [0.2, 0.25) is 8.53 Å². The first-order valence-electron chi connectivity index (χ1n) is 6.77. The first-order valence-corrected chi connectivity index (χ1v) is 8.05. The van der Waals surface area contributed by atoms with E-state index in [9.17, 15) is 14.7 Å². The Morgan fingerprint density at radius 1 is 1.70 bits per heavy atom. The molecule has 1 aromatic rings. The summed E-state index contributed by atoms with van der Waals surface area (Å²) in [4.78, 5) is 34.6. The number of rotatable bonds is 5. The molecule has 0 saturated carbocycles. The quantitative estimate of drug-likeness (QED) is 0.400. The lowest BCUT2D eigenvalue weighted by molar-refractivity contribution is -0.0756. The summed E-state index contributed by atoms with van der Waals surface area (Å²) in [6.45, 7) is 1.37. The molecule has 2 heterocycles. The van der Waals surface area contributed by atoms with Gasteiger partial charge in [-0.3, -0.25) is 19.8 Å². The summed E-state index contributed by atoms with van der Waals surface area (Å²) >= 11 is 0. The summed E-state index contributed by atoms with van der Waals surface area (Å²) in [6, 6.07) is 0. The highest BCUT2D eigenvalue weighted by Crippen LogP contribution is 2.39. The van der Waals surface area contributed by atoms with Crippen molar-refractivity contribution in [3.63, 3.8) is 0 Å². The van der Waals surface area contributed by atoms with E-state index in [1.54, 1.807) is 6.92 Å². The average molecular weight is 343 g/mol. The van der Waals surface area contributed by atoms with E-state index in [1.807, 2.05) is 0 Å². The summed E-state index contributed by atoms with van der Waals surface area (Å²) in [6.07, 6.45) is 4.94. The molecule has 2 rings (SSSR count). The Labute approximate surface area is 133 Å². The van der Waals surface area contributed by atoms with Gasteiger partial charge in [-0.25, -0.2) is 4.79 Å². The van der Waals surface area contributed by atoms with Crippen molar-refractivity contribution in [2.45, 2.75) is 37.7 Å². The maximum absolute atomic E-state index is 11.9. The standard InChI is InChI=1S/C13H18N3O6P/c1-3-4-13(19)5-10(22-9(13)7-21-23(14)20)16-6-8(2)11(17)15-12(16)18/h1,6,9-10,19-20H,4-5,7,14H2,2H3,(H,15,17,18)/t9-,10-,13+,23?/m1/s1. The largest absolute Gasteiger partial charge is 0.386 e. The van der Waals surface area contributed by atoms with Crippen LogP contribution in [0, 0.1) is 19.3 Å². The lowest BCUT2D eigenvalue weighted by Gasteiger charge is -2.25. The Kier molecular flexibility index (Phi) is 5.37. The van der Waals surface area contributed by atoms with Crippen LogP contribution in [0.2, 0.25) is 0 Å². The van der Waals surface area contributed by atoms with E-state index >= 15 is 0 Å². The summed E-state index contributed by atoms with van der Waals surface area (Å²) in [7, 11) is -2.11. The number of hydrogen-bond acceptors (Lipinski definition) is 7. The number of aromatic amines is 1. The molecule has 5 N–H and O–H groups in total. The summed E-state index contributed by atoms with van der Waals surface area (Å²) in [5.41, 5.74) is 2.91. The predicted octanol–water partition coefficient (Wildman–Crippen LogP) is -0.919. The van der Waals surface area contributed by atoms with Gasteiger partial charge in [0.25, 0.3) is 5.56 Å². The van der Waals surface area contributed by atoms with Crippen molar-refractivity contribution in [3.8, 4) is 12.3 Å². The fourth-order valence-electron chi connectivity index (χ4n) is 2.46. The summed E-state index contributed by atoms with van der Waals surface area (Å²) in [5, 5.41) is 10.7. The highest BCUT2D eigenvalue weighted by atomic mass is 31.2. The van der Waals surface area contributed by atoms with E-state index in [4.69, 9.17) is 26.1 Å². The number of hydrogen-bond donors (Lipinski definition) is 4. The molecule has 0 bridgehead atoms. The van der Waals surface area contributed by atoms with Crippen LogP contribution in [0.3, 0.4) is 0 Å². The van der Waals surface area contributed by atoms with Crippen molar-refractivity contribution in [3.05, 3.63) is 32.6 Å². The van der Waals surface area contributed by atoms with Gasteiger partial charge in [0.1, 0.15) is 17.9 Å². The molecule has 23 heavy (non-hydrogen) atoms. The van der Waals surface area contributed by atoms with E-state index in [0.29, 0.717) is 5.56 Å². The number of ether oxygens (including phenoxy) is 1. The third kappa shape index (κ3) is 3.87. The number of terminal acetylenes is 1. The molecule has 1 saturated heterocycles. The van der Waals surface area contributed by atoms with E-state index < -0.39 is 37.7 Å². The Bertz CT molecular complexity index is 724. The number of aliphatic hydroxyl groups is 1. The Morgan fingerprint density at radius 2 is 2.39 bits per heavy atom. The van der Waals surface area contributed by atoms with Gasteiger partial charge < -0.3 is 19.3 Å². The lowest BCUT2D eigenvalue weighted by Crippen LogP contribution is -2.40. The number of nitrogens with zero attached hydrogens (tertiary/aromatic N) is 1. The van der Waals surface area contributed by atoms with Crippen molar-refractivity contribution >= 4 is 8.53 Å².